The number of benzene rings is 1. The molecular formula is C11H11N. The predicted octanol–water partition coefficient (Wildman–Crippen LogP) is 1.61. The molecule has 2 N–H and O–H groups in total. The third-order valence-corrected chi connectivity index (χ3v) is 2.43. The summed E-state index contributed by atoms with van der Waals surface area (Å²) in [7, 11) is 0. The van der Waals surface area contributed by atoms with Gasteiger partial charge < -0.3 is 5.73 Å². The lowest BCUT2D eigenvalue weighted by molar-refractivity contribution is 0.713. The first-order valence-corrected chi connectivity index (χ1v) is 4.16. The average molecular weight is 157 g/mol. The van der Waals surface area contributed by atoms with E-state index in [1.807, 2.05) is 6.07 Å². The van der Waals surface area contributed by atoms with Crippen LogP contribution in [0.2, 0.25) is 0 Å². The second kappa shape index (κ2) is 2.66. The van der Waals surface area contributed by atoms with E-state index in [2.05, 4.69) is 18.1 Å². The van der Waals surface area contributed by atoms with Crippen molar-refractivity contribution >= 4 is 0 Å². The minimum atomic E-state index is 0.229. The van der Waals surface area contributed by atoms with E-state index in [1.165, 1.54) is 11.1 Å². The third kappa shape index (κ3) is 1.01. The summed E-state index contributed by atoms with van der Waals surface area (Å²) in [5, 5.41) is 0. The van der Waals surface area contributed by atoms with Crippen LogP contribution in [0.15, 0.2) is 18.2 Å². The van der Waals surface area contributed by atoms with E-state index in [9.17, 15) is 0 Å². The number of rotatable bonds is 0. The lowest BCUT2D eigenvalue weighted by Crippen LogP contribution is -2.04. The topological polar surface area (TPSA) is 26.0 Å². The molecule has 0 aromatic heterocycles. The van der Waals surface area contributed by atoms with Gasteiger partial charge in [-0.3, -0.25) is 0 Å². The van der Waals surface area contributed by atoms with Gasteiger partial charge in [0.05, 0.1) is 0 Å². The number of hydrogen-bond donors (Lipinski definition) is 1. The summed E-state index contributed by atoms with van der Waals surface area (Å²) in [4.78, 5) is 0. The minimum absolute atomic E-state index is 0.229. The van der Waals surface area contributed by atoms with Gasteiger partial charge in [0.15, 0.2) is 0 Å². The molecule has 0 radical (unpaired) electrons. The van der Waals surface area contributed by atoms with Gasteiger partial charge in [-0.1, -0.05) is 12.0 Å². The van der Waals surface area contributed by atoms with Crippen LogP contribution in [0.3, 0.4) is 0 Å². The molecule has 0 heterocycles. The van der Waals surface area contributed by atoms with Gasteiger partial charge in [-0.25, -0.2) is 0 Å². The number of aryl methyl sites for hydroxylation is 1. The van der Waals surface area contributed by atoms with E-state index in [0.29, 0.717) is 0 Å². The number of fused-ring (bicyclic) bond motifs is 1. The van der Waals surface area contributed by atoms with Crippen molar-refractivity contribution in [1.29, 1.82) is 0 Å². The summed E-state index contributed by atoms with van der Waals surface area (Å²) in [5.74, 6) is 2.63. The summed E-state index contributed by atoms with van der Waals surface area (Å²) in [6, 6.07) is 6.32. The first kappa shape index (κ1) is 7.39. The van der Waals surface area contributed by atoms with Gasteiger partial charge in [-0.15, -0.1) is 6.42 Å². The van der Waals surface area contributed by atoms with Crippen molar-refractivity contribution in [3.05, 3.63) is 34.9 Å². The molecule has 1 unspecified atom stereocenters. The van der Waals surface area contributed by atoms with Gasteiger partial charge >= 0.3 is 0 Å². The Balaban J connectivity index is 2.50. The molecule has 60 valence electrons. The molecule has 1 nitrogen and oxygen atoms in total. The first-order valence-electron chi connectivity index (χ1n) is 4.16. The summed E-state index contributed by atoms with van der Waals surface area (Å²) in [6.07, 6.45) is 7.43. The van der Waals surface area contributed by atoms with Crippen LogP contribution in [-0.2, 0) is 6.42 Å². The average Bonchev–Trinajstić information content (AvgIpc) is 2.47. The smallest absolute Gasteiger partial charge is 0.0300 e. The summed E-state index contributed by atoms with van der Waals surface area (Å²) in [5.41, 5.74) is 9.45. The predicted molar refractivity (Wildman–Crippen MR) is 49.6 cm³/mol. The van der Waals surface area contributed by atoms with Crippen LogP contribution in [0.1, 0.15) is 29.2 Å². The van der Waals surface area contributed by atoms with Crippen molar-refractivity contribution in [2.24, 2.45) is 5.73 Å². The van der Waals surface area contributed by atoms with Gasteiger partial charge in [-0.2, -0.15) is 0 Å². The van der Waals surface area contributed by atoms with Gasteiger partial charge in [0.2, 0.25) is 0 Å². The molecule has 1 heteroatoms. The maximum Gasteiger partial charge on any atom is 0.0300 e. The van der Waals surface area contributed by atoms with E-state index in [4.69, 9.17) is 12.2 Å². The second-order valence-corrected chi connectivity index (χ2v) is 3.20. The van der Waals surface area contributed by atoms with Crippen LogP contribution >= 0.6 is 0 Å². The van der Waals surface area contributed by atoms with Crippen LogP contribution in [0.25, 0.3) is 0 Å². The number of terminal acetylenes is 1. The summed E-state index contributed by atoms with van der Waals surface area (Å²) >= 11 is 0. The third-order valence-electron chi connectivity index (χ3n) is 2.43. The first-order chi connectivity index (χ1) is 5.81. The molecule has 1 aliphatic rings. The van der Waals surface area contributed by atoms with E-state index < -0.39 is 0 Å². The quantitative estimate of drug-likeness (QED) is 0.569. The highest BCUT2D eigenvalue weighted by atomic mass is 14.6. The SMILES string of the molecule is C#Cc1ccc2c(c1)CCC2N. The van der Waals surface area contributed by atoms with E-state index in [-0.39, 0.29) is 6.04 Å². The van der Waals surface area contributed by atoms with Crippen molar-refractivity contribution in [3.8, 4) is 12.3 Å². The molecule has 0 amide bonds. The molecule has 0 fully saturated rings. The van der Waals surface area contributed by atoms with Crippen LogP contribution in [0, 0.1) is 12.3 Å². The molecule has 0 saturated carbocycles. The van der Waals surface area contributed by atoms with Crippen molar-refractivity contribution < 1.29 is 0 Å². The molecule has 0 saturated heterocycles. The Morgan fingerprint density at radius 3 is 3.08 bits per heavy atom. The standard InChI is InChI=1S/C11H11N/c1-2-8-3-5-10-9(7-8)4-6-11(10)12/h1,3,5,7,11H,4,6,12H2. The lowest BCUT2D eigenvalue weighted by Gasteiger charge is -2.03. The highest BCUT2D eigenvalue weighted by molar-refractivity contribution is 5.43. The van der Waals surface area contributed by atoms with Gasteiger partial charge in [0.25, 0.3) is 0 Å². The Morgan fingerprint density at radius 1 is 1.50 bits per heavy atom. The van der Waals surface area contributed by atoms with Gasteiger partial charge in [0, 0.05) is 11.6 Å². The van der Waals surface area contributed by atoms with Crippen molar-refractivity contribution in [2.75, 3.05) is 0 Å². The molecule has 0 aliphatic heterocycles. The zero-order valence-corrected chi connectivity index (χ0v) is 6.88. The highest BCUT2D eigenvalue weighted by Crippen LogP contribution is 2.29. The minimum Gasteiger partial charge on any atom is -0.324 e. The molecule has 1 aliphatic carbocycles. The Morgan fingerprint density at radius 2 is 2.33 bits per heavy atom. The monoisotopic (exact) mass is 157 g/mol. The fourth-order valence-corrected chi connectivity index (χ4v) is 1.74. The Kier molecular flexibility index (Phi) is 1.64. The Labute approximate surface area is 72.6 Å². The van der Waals surface area contributed by atoms with E-state index >= 15 is 0 Å². The summed E-state index contributed by atoms with van der Waals surface area (Å²) in [6.45, 7) is 0. The molecule has 0 spiro atoms. The van der Waals surface area contributed by atoms with Crippen LogP contribution in [0.5, 0.6) is 0 Å². The Hall–Kier alpha value is -1.26. The van der Waals surface area contributed by atoms with Crippen molar-refractivity contribution in [1.82, 2.24) is 0 Å². The normalized spacial score (nSPS) is 20.2. The highest BCUT2D eigenvalue weighted by Gasteiger charge is 2.18. The fourth-order valence-electron chi connectivity index (χ4n) is 1.74. The molecule has 0 bridgehead atoms. The van der Waals surface area contributed by atoms with E-state index in [0.717, 1.165) is 18.4 Å². The maximum absolute atomic E-state index is 5.89. The Bertz CT molecular complexity index is 347. The van der Waals surface area contributed by atoms with Crippen molar-refractivity contribution in [2.45, 2.75) is 18.9 Å². The molecule has 1 aromatic rings. The maximum atomic E-state index is 5.89. The second-order valence-electron chi connectivity index (χ2n) is 3.20. The molecule has 2 rings (SSSR count). The summed E-state index contributed by atoms with van der Waals surface area (Å²) < 4.78 is 0. The van der Waals surface area contributed by atoms with Crippen LogP contribution in [0.4, 0.5) is 0 Å². The number of hydrogen-bond acceptors (Lipinski definition) is 1. The zero-order valence-electron chi connectivity index (χ0n) is 6.88. The largest absolute Gasteiger partial charge is 0.324 e. The van der Waals surface area contributed by atoms with Crippen molar-refractivity contribution in [3.63, 3.8) is 0 Å². The fraction of sp³-hybridized carbons (Fsp3) is 0.273. The molecule has 12 heavy (non-hydrogen) atoms. The molecular weight excluding hydrogens is 146 g/mol. The van der Waals surface area contributed by atoms with E-state index in [1.54, 1.807) is 0 Å². The zero-order chi connectivity index (χ0) is 8.55. The van der Waals surface area contributed by atoms with Gasteiger partial charge in [-0.05, 0) is 36.1 Å². The lowest BCUT2D eigenvalue weighted by atomic mass is 10.1. The number of nitrogens with two attached hydrogens (primary N) is 1. The molecule has 1 aromatic carbocycles. The molecule has 1 atom stereocenters. The van der Waals surface area contributed by atoms with Crippen LogP contribution in [-0.4, -0.2) is 0 Å². The van der Waals surface area contributed by atoms with Gasteiger partial charge in [0.1, 0.15) is 0 Å². The van der Waals surface area contributed by atoms with Crippen LogP contribution < -0.4 is 5.73 Å².